The summed E-state index contributed by atoms with van der Waals surface area (Å²) in [5.74, 6) is 1.19. The Kier molecular flexibility index (Phi) is 4.23. The molecule has 1 amide bonds. The molecule has 0 saturated heterocycles. The van der Waals surface area contributed by atoms with Crippen LogP contribution in [0.5, 0.6) is 11.5 Å². The number of carbonyl (C=O) groups excluding carboxylic acids is 1. The molecule has 0 aliphatic heterocycles. The lowest BCUT2D eigenvalue weighted by Gasteiger charge is -2.11. The van der Waals surface area contributed by atoms with Gasteiger partial charge in [-0.1, -0.05) is 23.7 Å². The maximum absolute atomic E-state index is 10.5. The third kappa shape index (κ3) is 3.03. The highest BCUT2D eigenvalue weighted by Gasteiger charge is 2.07. The predicted octanol–water partition coefficient (Wildman–Crippen LogP) is 4.46. The molecule has 0 radical (unpaired) electrons. The summed E-state index contributed by atoms with van der Waals surface area (Å²) in [6.45, 7) is 0. The third-order valence-corrected chi connectivity index (χ3v) is 3.07. The Morgan fingerprint density at radius 2 is 1.94 bits per heavy atom. The van der Waals surface area contributed by atoms with Gasteiger partial charge in [0, 0.05) is 5.02 Å². The lowest BCUT2D eigenvalue weighted by Crippen LogP contribution is -1.96. The van der Waals surface area contributed by atoms with Gasteiger partial charge in [-0.25, -0.2) is 0 Å². The van der Waals surface area contributed by atoms with Gasteiger partial charge in [-0.2, -0.15) is 0 Å². The first-order valence-corrected chi connectivity index (χ1v) is 6.30. The Labute approximate surface area is 118 Å². The van der Waals surface area contributed by atoms with E-state index in [1.807, 2.05) is 12.1 Å². The van der Waals surface area contributed by atoms with Gasteiger partial charge in [-0.05, 0) is 46.3 Å². The second-order valence-electron chi connectivity index (χ2n) is 3.44. The monoisotopic (exact) mass is 325 g/mol. The number of benzene rings is 2. The van der Waals surface area contributed by atoms with Crippen molar-refractivity contribution < 1.29 is 9.53 Å². The van der Waals surface area contributed by atoms with Crippen LogP contribution in [0.2, 0.25) is 5.02 Å². The number of anilines is 1. The van der Waals surface area contributed by atoms with Crippen LogP contribution < -0.4 is 10.1 Å². The number of para-hydroxylation sites is 2. The van der Waals surface area contributed by atoms with Crippen LogP contribution in [0, 0.1) is 0 Å². The third-order valence-electron chi connectivity index (χ3n) is 2.22. The summed E-state index contributed by atoms with van der Waals surface area (Å²) in [7, 11) is 0. The van der Waals surface area contributed by atoms with Crippen LogP contribution in [0.3, 0.4) is 0 Å². The van der Waals surface area contributed by atoms with E-state index in [-0.39, 0.29) is 0 Å². The van der Waals surface area contributed by atoms with Crippen molar-refractivity contribution >= 4 is 39.6 Å². The van der Waals surface area contributed by atoms with Crippen LogP contribution in [-0.2, 0) is 4.79 Å². The summed E-state index contributed by atoms with van der Waals surface area (Å²) in [6.07, 6.45) is 0.610. The first-order chi connectivity index (χ1) is 8.70. The molecule has 5 heteroatoms. The van der Waals surface area contributed by atoms with Crippen LogP contribution in [-0.4, -0.2) is 6.41 Å². The van der Waals surface area contributed by atoms with Gasteiger partial charge in [0.2, 0.25) is 6.41 Å². The second kappa shape index (κ2) is 5.89. The molecule has 0 heterocycles. The molecule has 2 aromatic carbocycles. The first kappa shape index (κ1) is 12.9. The summed E-state index contributed by atoms with van der Waals surface area (Å²) in [5.41, 5.74) is 0.606. The average Bonchev–Trinajstić information content (AvgIpc) is 2.35. The minimum atomic E-state index is 0.563. The Morgan fingerprint density at radius 1 is 1.17 bits per heavy atom. The van der Waals surface area contributed by atoms with Crippen molar-refractivity contribution in [3.05, 3.63) is 52.0 Å². The summed E-state index contributed by atoms with van der Waals surface area (Å²) in [5, 5.41) is 3.20. The maximum Gasteiger partial charge on any atom is 0.211 e. The van der Waals surface area contributed by atoms with E-state index in [1.165, 1.54) is 0 Å². The lowest BCUT2D eigenvalue weighted by molar-refractivity contribution is -0.105. The first-order valence-electron chi connectivity index (χ1n) is 5.13. The van der Waals surface area contributed by atoms with E-state index in [9.17, 15) is 4.79 Å². The van der Waals surface area contributed by atoms with Crippen molar-refractivity contribution in [2.45, 2.75) is 0 Å². The van der Waals surface area contributed by atoms with E-state index in [2.05, 4.69) is 21.2 Å². The van der Waals surface area contributed by atoms with Crippen molar-refractivity contribution in [2.24, 2.45) is 0 Å². The van der Waals surface area contributed by atoms with Gasteiger partial charge >= 0.3 is 0 Å². The van der Waals surface area contributed by atoms with Crippen LogP contribution in [0.15, 0.2) is 46.9 Å². The largest absolute Gasteiger partial charge is 0.454 e. The molecule has 18 heavy (non-hydrogen) atoms. The van der Waals surface area contributed by atoms with Gasteiger partial charge in [-0.15, -0.1) is 0 Å². The van der Waals surface area contributed by atoms with E-state index in [0.29, 0.717) is 28.6 Å². The van der Waals surface area contributed by atoms with Crippen LogP contribution in [0.1, 0.15) is 0 Å². The number of halogens is 2. The summed E-state index contributed by atoms with van der Waals surface area (Å²) < 4.78 is 6.47. The molecule has 2 aromatic rings. The number of nitrogens with one attached hydrogen (secondary N) is 1. The molecule has 2 rings (SSSR count). The number of rotatable bonds is 4. The summed E-state index contributed by atoms with van der Waals surface area (Å²) >= 11 is 9.23. The Bertz CT molecular complexity index is 575. The second-order valence-corrected chi connectivity index (χ2v) is 4.73. The number of carbonyl (C=O) groups is 1. The number of hydrogen-bond acceptors (Lipinski definition) is 2. The van der Waals surface area contributed by atoms with Crippen molar-refractivity contribution in [1.29, 1.82) is 0 Å². The highest BCUT2D eigenvalue weighted by Crippen LogP contribution is 2.34. The normalized spacial score (nSPS) is 9.89. The molecular formula is C13H9BrClNO2. The standard InChI is InChI=1S/C13H9BrClNO2/c14-10-7-9(15)5-6-12(10)18-13-4-2-1-3-11(13)16-8-17/h1-8H,(H,16,17). The molecule has 0 aromatic heterocycles. The maximum atomic E-state index is 10.5. The molecule has 92 valence electrons. The van der Waals surface area contributed by atoms with Gasteiger partial charge in [0.1, 0.15) is 5.75 Å². The Hall–Kier alpha value is -1.52. The molecule has 1 N–H and O–H groups in total. The molecule has 0 fully saturated rings. The van der Waals surface area contributed by atoms with Crippen LogP contribution in [0.4, 0.5) is 5.69 Å². The highest BCUT2D eigenvalue weighted by atomic mass is 79.9. The van der Waals surface area contributed by atoms with E-state index in [1.54, 1.807) is 30.3 Å². The SMILES string of the molecule is O=CNc1ccccc1Oc1ccc(Cl)cc1Br. The van der Waals surface area contributed by atoms with Crippen LogP contribution in [0.25, 0.3) is 0 Å². The molecule has 0 atom stereocenters. The van der Waals surface area contributed by atoms with Gasteiger partial charge in [0.25, 0.3) is 0 Å². The lowest BCUT2D eigenvalue weighted by atomic mass is 10.3. The Morgan fingerprint density at radius 3 is 2.67 bits per heavy atom. The quantitative estimate of drug-likeness (QED) is 0.842. The smallest absolute Gasteiger partial charge is 0.211 e. The summed E-state index contributed by atoms with van der Waals surface area (Å²) in [4.78, 5) is 10.5. The van der Waals surface area contributed by atoms with E-state index in [4.69, 9.17) is 16.3 Å². The van der Waals surface area contributed by atoms with Crippen molar-refractivity contribution in [2.75, 3.05) is 5.32 Å². The number of hydrogen-bond donors (Lipinski definition) is 1. The molecule has 0 saturated carbocycles. The minimum absolute atomic E-state index is 0.563. The number of ether oxygens (including phenoxy) is 1. The van der Waals surface area contributed by atoms with Crippen molar-refractivity contribution in [3.8, 4) is 11.5 Å². The zero-order valence-electron chi connectivity index (χ0n) is 9.19. The minimum Gasteiger partial charge on any atom is -0.454 e. The van der Waals surface area contributed by atoms with E-state index >= 15 is 0 Å². The van der Waals surface area contributed by atoms with Gasteiger partial charge in [0.15, 0.2) is 5.75 Å². The van der Waals surface area contributed by atoms with Crippen LogP contribution >= 0.6 is 27.5 Å². The van der Waals surface area contributed by atoms with Crippen molar-refractivity contribution in [1.82, 2.24) is 0 Å². The fourth-order valence-corrected chi connectivity index (χ4v) is 2.18. The topological polar surface area (TPSA) is 38.3 Å². The fourth-order valence-electron chi connectivity index (χ4n) is 1.41. The molecule has 0 aliphatic rings. The molecule has 0 unspecified atom stereocenters. The fraction of sp³-hybridized carbons (Fsp3) is 0. The highest BCUT2D eigenvalue weighted by molar-refractivity contribution is 9.10. The predicted molar refractivity (Wildman–Crippen MR) is 75.4 cm³/mol. The molecular weight excluding hydrogens is 318 g/mol. The van der Waals surface area contributed by atoms with E-state index in [0.717, 1.165) is 4.47 Å². The molecule has 0 spiro atoms. The molecule has 3 nitrogen and oxygen atoms in total. The number of amides is 1. The van der Waals surface area contributed by atoms with Gasteiger partial charge in [0.05, 0.1) is 10.2 Å². The van der Waals surface area contributed by atoms with Gasteiger partial charge in [-0.3, -0.25) is 4.79 Å². The molecule has 0 bridgehead atoms. The van der Waals surface area contributed by atoms with Crippen molar-refractivity contribution in [3.63, 3.8) is 0 Å². The molecule has 0 aliphatic carbocycles. The Balaban J connectivity index is 2.30. The van der Waals surface area contributed by atoms with E-state index < -0.39 is 0 Å². The zero-order chi connectivity index (χ0) is 13.0. The summed E-state index contributed by atoms with van der Waals surface area (Å²) in [6, 6.07) is 12.4. The van der Waals surface area contributed by atoms with Gasteiger partial charge < -0.3 is 10.1 Å². The zero-order valence-corrected chi connectivity index (χ0v) is 11.5. The average molecular weight is 327 g/mol.